The topological polar surface area (TPSA) is 84.4 Å². The highest BCUT2D eigenvalue weighted by Crippen LogP contribution is 2.28. The van der Waals surface area contributed by atoms with E-state index in [-0.39, 0.29) is 5.69 Å². The molecule has 2 N–H and O–H groups in total. The molecule has 3 rings (SSSR count). The molecule has 6 nitrogen and oxygen atoms in total. The fourth-order valence-electron chi connectivity index (χ4n) is 2.59. The number of carbonyl (C=O) groups is 1. The number of halogens is 1. The van der Waals surface area contributed by atoms with Crippen LogP contribution in [0.3, 0.4) is 0 Å². The normalized spacial score (nSPS) is 10.7. The Kier molecular flexibility index (Phi) is 6.11. The summed E-state index contributed by atoms with van der Waals surface area (Å²) >= 11 is 5.91. The molecule has 140 valence electrons. The van der Waals surface area contributed by atoms with Crippen molar-refractivity contribution in [3.05, 3.63) is 59.2 Å². The largest absolute Gasteiger partial charge is 0.494 e. The van der Waals surface area contributed by atoms with Crippen LogP contribution in [0.4, 0.5) is 0 Å². The molecular weight excluding hydrogens is 368 g/mol. The first-order valence-corrected chi connectivity index (χ1v) is 8.77. The number of H-pyrrole nitrogens is 1. The van der Waals surface area contributed by atoms with Crippen molar-refractivity contribution in [2.45, 2.75) is 6.42 Å². The summed E-state index contributed by atoms with van der Waals surface area (Å²) in [6, 6.07) is 14.2. The van der Waals surface area contributed by atoms with Crippen LogP contribution in [0.25, 0.3) is 22.6 Å². The van der Waals surface area contributed by atoms with Crippen molar-refractivity contribution in [2.24, 2.45) is 0 Å². The number of hydrogen-bond donors (Lipinski definition) is 2. The summed E-state index contributed by atoms with van der Waals surface area (Å²) < 4.78 is 10.6. The lowest BCUT2D eigenvalue weighted by Gasteiger charge is -2.06. The number of ether oxygens (including phenoxy) is 2. The van der Waals surface area contributed by atoms with Crippen molar-refractivity contribution >= 4 is 17.6 Å². The SMILES string of the molecule is COCCCOc1ccc(-c2nc(C(=O)O)c(-c3ccc(Cl)cc3)[nH]2)cc1. The third kappa shape index (κ3) is 4.67. The zero-order chi connectivity index (χ0) is 19.2. The van der Waals surface area contributed by atoms with Crippen LogP contribution in [-0.2, 0) is 4.74 Å². The van der Waals surface area contributed by atoms with Crippen LogP contribution < -0.4 is 4.74 Å². The van der Waals surface area contributed by atoms with Crippen LogP contribution in [0.5, 0.6) is 5.75 Å². The van der Waals surface area contributed by atoms with Crippen molar-refractivity contribution in [3.63, 3.8) is 0 Å². The van der Waals surface area contributed by atoms with Crippen molar-refractivity contribution < 1.29 is 19.4 Å². The van der Waals surface area contributed by atoms with Gasteiger partial charge >= 0.3 is 5.97 Å². The molecule has 7 heteroatoms. The Bertz CT molecular complexity index is 905. The maximum absolute atomic E-state index is 11.6. The van der Waals surface area contributed by atoms with Gasteiger partial charge in [-0.15, -0.1) is 0 Å². The van der Waals surface area contributed by atoms with Gasteiger partial charge in [-0.1, -0.05) is 23.7 Å². The number of hydrogen-bond acceptors (Lipinski definition) is 4. The van der Waals surface area contributed by atoms with E-state index in [1.165, 1.54) is 0 Å². The van der Waals surface area contributed by atoms with Crippen LogP contribution in [0.15, 0.2) is 48.5 Å². The lowest BCUT2D eigenvalue weighted by Crippen LogP contribution is -2.01. The van der Waals surface area contributed by atoms with Gasteiger partial charge in [-0.05, 0) is 36.4 Å². The highest BCUT2D eigenvalue weighted by molar-refractivity contribution is 6.30. The number of aromatic nitrogens is 2. The monoisotopic (exact) mass is 386 g/mol. The number of imidazole rings is 1. The summed E-state index contributed by atoms with van der Waals surface area (Å²) in [6.07, 6.45) is 0.808. The Morgan fingerprint density at radius 1 is 1.07 bits per heavy atom. The van der Waals surface area contributed by atoms with E-state index in [1.54, 1.807) is 31.4 Å². The molecule has 2 aromatic carbocycles. The molecule has 1 aromatic heterocycles. The molecule has 0 aliphatic carbocycles. The molecule has 0 aliphatic heterocycles. The van der Waals surface area contributed by atoms with E-state index >= 15 is 0 Å². The molecule has 0 atom stereocenters. The van der Waals surface area contributed by atoms with Crippen molar-refractivity contribution in [1.29, 1.82) is 0 Å². The van der Waals surface area contributed by atoms with Crippen LogP contribution >= 0.6 is 11.6 Å². The summed E-state index contributed by atoms with van der Waals surface area (Å²) in [7, 11) is 1.65. The second-order valence-corrected chi connectivity index (χ2v) is 6.28. The summed E-state index contributed by atoms with van der Waals surface area (Å²) in [5, 5.41) is 10.1. The molecule has 0 aliphatic rings. The summed E-state index contributed by atoms with van der Waals surface area (Å²) in [5.74, 6) is 0.113. The molecule has 0 spiro atoms. The Hall–Kier alpha value is -2.83. The third-order valence-corrected chi connectivity index (χ3v) is 4.18. The molecule has 1 heterocycles. The van der Waals surface area contributed by atoms with Gasteiger partial charge in [-0.3, -0.25) is 0 Å². The minimum atomic E-state index is -1.10. The minimum Gasteiger partial charge on any atom is -0.494 e. The predicted molar refractivity (Wildman–Crippen MR) is 103 cm³/mol. The fraction of sp³-hybridized carbons (Fsp3) is 0.200. The average molecular weight is 387 g/mol. The van der Waals surface area contributed by atoms with Gasteiger partial charge in [0.25, 0.3) is 0 Å². The standard InChI is InChI=1S/C20H19ClN2O4/c1-26-11-2-12-27-16-9-5-14(6-10-16)19-22-17(18(23-19)20(24)25)13-3-7-15(21)8-4-13/h3-10H,2,11-12H2,1H3,(H,22,23)(H,24,25). The van der Waals surface area contributed by atoms with E-state index in [0.29, 0.717) is 35.3 Å². The number of methoxy groups -OCH3 is 1. The van der Waals surface area contributed by atoms with E-state index in [0.717, 1.165) is 17.7 Å². The number of rotatable bonds is 8. The second kappa shape index (κ2) is 8.70. The number of nitrogens with zero attached hydrogens (tertiary/aromatic N) is 1. The number of nitrogens with one attached hydrogen (secondary N) is 1. The van der Waals surface area contributed by atoms with Gasteiger partial charge in [0.15, 0.2) is 5.69 Å². The molecule has 0 fully saturated rings. The number of aromatic carboxylic acids is 1. The number of aromatic amines is 1. The van der Waals surface area contributed by atoms with Crippen molar-refractivity contribution in [1.82, 2.24) is 9.97 Å². The van der Waals surface area contributed by atoms with Gasteiger partial charge in [0.05, 0.1) is 12.3 Å². The number of carboxylic acid groups (broad SMARTS) is 1. The highest BCUT2D eigenvalue weighted by Gasteiger charge is 2.19. The van der Waals surface area contributed by atoms with Crippen LogP contribution in [0.2, 0.25) is 5.02 Å². The Balaban J connectivity index is 1.83. The van der Waals surface area contributed by atoms with Gasteiger partial charge in [0.2, 0.25) is 0 Å². The maximum Gasteiger partial charge on any atom is 0.356 e. The fourth-order valence-corrected chi connectivity index (χ4v) is 2.72. The lowest BCUT2D eigenvalue weighted by atomic mass is 10.1. The smallest absolute Gasteiger partial charge is 0.356 e. The van der Waals surface area contributed by atoms with E-state index in [2.05, 4.69) is 9.97 Å². The molecule has 3 aromatic rings. The van der Waals surface area contributed by atoms with Gasteiger partial charge in [-0.25, -0.2) is 9.78 Å². The average Bonchev–Trinajstić information content (AvgIpc) is 3.12. The summed E-state index contributed by atoms with van der Waals surface area (Å²) in [5.41, 5.74) is 1.87. The third-order valence-electron chi connectivity index (χ3n) is 3.93. The van der Waals surface area contributed by atoms with Gasteiger partial charge < -0.3 is 19.6 Å². The summed E-state index contributed by atoms with van der Waals surface area (Å²) in [4.78, 5) is 18.9. The van der Waals surface area contributed by atoms with Crippen LogP contribution in [0.1, 0.15) is 16.9 Å². The molecule has 0 bridgehead atoms. The predicted octanol–water partition coefficient (Wildman–Crippen LogP) is 4.51. The molecule has 0 saturated carbocycles. The molecule has 27 heavy (non-hydrogen) atoms. The molecule has 0 amide bonds. The van der Waals surface area contributed by atoms with E-state index in [9.17, 15) is 9.90 Å². The first-order valence-electron chi connectivity index (χ1n) is 8.40. The Morgan fingerprint density at radius 2 is 1.74 bits per heavy atom. The molecule has 0 radical (unpaired) electrons. The zero-order valence-corrected chi connectivity index (χ0v) is 15.5. The Labute approximate surface area is 161 Å². The molecular formula is C20H19ClN2O4. The maximum atomic E-state index is 11.6. The first-order chi connectivity index (χ1) is 13.1. The minimum absolute atomic E-state index is 0.0350. The van der Waals surface area contributed by atoms with Crippen LogP contribution in [0, 0.1) is 0 Å². The number of benzene rings is 2. The second-order valence-electron chi connectivity index (χ2n) is 5.84. The Morgan fingerprint density at radius 3 is 2.37 bits per heavy atom. The van der Waals surface area contributed by atoms with Crippen molar-refractivity contribution in [2.75, 3.05) is 20.3 Å². The molecule has 0 unspecified atom stereocenters. The highest BCUT2D eigenvalue weighted by atomic mass is 35.5. The zero-order valence-electron chi connectivity index (χ0n) is 14.7. The van der Waals surface area contributed by atoms with E-state index < -0.39 is 5.97 Å². The first kappa shape index (κ1) is 18.9. The van der Waals surface area contributed by atoms with Gasteiger partial charge in [0, 0.05) is 36.3 Å². The lowest BCUT2D eigenvalue weighted by molar-refractivity contribution is 0.0692. The van der Waals surface area contributed by atoms with E-state index in [4.69, 9.17) is 21.1 Å². The van der Waals surface area contributed by atoms with Gasteiger partial charge in [-0.2, -0.15) is 0 Å². The number of carboxylic acids is 1. The van der Waals surface area contributed by atoms with Crippen molar-refractivity contribution in [3.8, 4) is 28.4 Å². The summed E-state index contributed by atoms with van der Waals surface area (Å²) in [6.45, 7) is 1.22. The van der Waals surface area contributed by atoms with E-state index in [1.807, 2.05) is 24.3 Å². The molecule has 0 saturated heterocycles. The quantitative estimate of drug-likeness (QED) is 0.556. The van der Waals surface area contributed by atoms with Crippen LogP contribution in [-0.4, -0.2) is 41.4 Å². The van der Waals surface area contributed by atoms with Gasteiger partial charge in [0.1, 0.15) is 11.6 Å².